The van der Waals surface area contributed by atoms with E-state index in [0.29, 0.717) is 6.54 Å². The van der Waals surface area contributed by atoms with Gasteiger partial charge in [-0.3, -0.25) is 0 Å². The monoisotopic (exact) mass is 233 g/mol. The van der Waals surface area contributed by atoms with E-state index in [1.165, 1.54) is 0 Å². The molecule has 0 saturated carbocycles. The Kier molecular flexibility index (Phi) is 3.55. The van der Waals surface area contributed by atoms with Crippen LogP contribution in [0.15, 0.2) is 41.0 Å². The molecule has 0 aliphatic rings. The third kappa shape index (κ3) is 2.72. The Bertz CT molecular complexity index is 466. The minimum atomic E-state index is 0.608. The van der Waals surface area contributed by atoms with Crippen LogP contribution in [0.3, 0.4) is 0 Å². The van der Waals surface area contributed by atoms with Crippen LogP contribution < -0.4 is 14.8 Å². The van der Waals surface area contributed by atoms with Gasteiger partial charge in [-0.2, -0.15) is 0 Å². The normalized spacial score (nSPS) is 10.0. The number of anilines is 1. The van der Waals surface area contributed by atoms with Crippen molar-refractivity contribution in [3.63, 3.8) is 0 Å². The lowest BCUT2D eigenvalue weighted by atomic mass is 10.2. The van der Waals surface area contributed by atoms with Crippen LogP contribution in [0.5, 0.6) is 11.5 Å². The van der Waals surface area contributed by atoms with Gasteiger partial charge < -0.3 is 19.2 Å². The van der Waals surface area contributed by atoms with E-state index in [1.54, 1.807) is 20.5 Å². The highest BCUT2D eigenvalue weighted by Gasteiger charge is 2.05. The summed E-state index contributed by atoms with van der Waals surface area (Å²) < 4.78 is 15.7. The highest BCUT2D eigenvalue weighted by molar-refractivity contribution is 5.59. The quantitative estimate of drug-likeness (QED) is 0.862. The molecular weight excluding hydrogens is 218 g/mol. The molecule has 17 heavy (non-hydrogen) atoms. The van der Waals surface area contributed by atoms with Gasteiger partial charge in [-0.1, -0.05) is 0 Å². The summed E-state index contributed by atoms with van der Waals surface area (Å²) in [5.41, 5.74) is 0.878. The van der Waals surface area contributed by atoms with Crippen molar-refractivity contribution in [2.45, 2.75) is 6.54 Å². The first-order chi connectivity index (χ1) is 8.33. The molecule has 90 valence electrons. The minimum absolute atomic E-state index is 0.608. The summed E-state index contributed by atoms with van der Waals surface area (Å²) in [7, 11) is 3.28. The standard InChI is InChI=1S/C13H15NO3/c1-15-10-5-6-13(16-2)12(8-10)14-9-11-4-3-7-17-11/h3-8,14H,9H2,1-2H3. The molecule has 0 atom stereocenters. The van der Waals surface area contributed by atoms with Crippen LogP contribution in [0.2, 0.25) is 0 Å². The van der Waals surface area contributed by atoms with E-state index in [1.807, 2.05) is 30.3 Å². The predicted molar refractivity (Wildman–Crippen MR) is 65.6 cm³/mol. The third-order valence-electron chi connectivity index (χ3n) is 2.44. The van der Waals surface area contributed by atoms with Crippen molar-refractivity contribution >= 4 is 5.69 Å². The largest absolute Gasteiger partial charge is 0.497 e. The van der Waals surface area contributed by atoms with E-state index in [0.717, 1.165) is 22.9 Å². The number of methoxy groups -OCH3 is 2. The van der Waals surface area contributed by atoms with E-state index < -0.39 is 0 Å². The van der Waals surface area contributed by atoms with Gasteiger partial charge in [-0.15, -0.1) is 0 Å². The van der Waals surface area contributed by atoms with Crippen LogP contribution in [-0.4, -0.2) is 14.2 Å². The number of nitrogens with one attached hydrogen (secondary N) is 1. The maximum absolute atomic E-state index is 5.27. The zero-order valence-electron chi connectivity index (χ0n) is 9.90. The molecule has 0 amide bonds. The maximum atomic E-state index is 5.27. The van der Waals surface area contributed by atoms with E-state index in [2.05, 4.69) is 5.32 Å². The molecule has 4 nitrogen and oxygen atoms in total. The lowest BCUT2D eigenvalue weighted by Gasteiger charge is -2.11. The molecule has 0 aliphatic heterocycles. The van der Waals surface area contributed by atoms with Gasteiger partial charge in [0.25, 0.3) is 0 Å². The van der Waals surface area contributed by atoms with Crippen molar-refractivity contribution in [3.8, 4) is 11.5 Å². The average molecular weight is 233 g/mol. The summed E-state index contributed by atoms with van der Waals surface area (Å²) in [6.45, 7) is 0.608. The molecule has 0 bridgehead atoms. The fourth-order valence-electron chi connectivity index (χ4n) is 1.55. The van der Waals surface area contributed by atoms with Gasteiger partial charge in [0.2, 0.25) is 0 Å². The van der Waals surface area contributed by atoms with Crippen molar-refractivity contribution in [2.75, 3.05) is 19.5 Å². The summed E-state index contributed by atoms with van der Waals surface area (Å²) in [6.07, 6.45) is 1.65. The van der Waals surface area contributed by atoms with Crippen LogP contribution in [0.25, 0.3) is 0 Å². The number of hydrogen-bond acceptors (Lipinski definition) is 4. The minimum Gasteiger partial charge on any atom is -0.497 e. The molecule has 0 unspecified atom stereocenters. The van der Waals surface area contributed by atoms with Gasteiger partial charge in [0, 0.05) is 6.07 Å². The number of benzene rings is 1. The Balaban J connectivity index is 2.12. The molecule has 0 radical (unpaired) electrons. The van der Waals surface area contributed by atoms with Crippen molar-refractivity contribution in [1.82, 2.24) is 0 Å². The van der Waals surface area contributed by atoms with Crippen LogP contribution >= 0.6 is 0 Å². The molecule has 1 aromatic heterocycles. The Hall–Kier alpha value is -2.10. The van der Waals surface area contributed by atoms with E-state index in [-0.39, 0.29) is 0 Å². The van der Waals surface area contributed by atoms with E-state index in [4.69, 9.17) is 13.9 Å². The summed E-state index contributed by atoms with van der Waals surface area (Å²) in [4.78, 5) is 0. The van der Waals surface area contributed by atoms with Crippen LogP contribution in [0.1, 0.15) is 5.76 Å². The van der Waals surface area contributed by atoms with Crippen LogP contribution in [0, 0.1) is 0 Å². The summed E-state index contributed by atoms with van der Waals surface area (Å²) in [5.74, 6) is 2.43. The predicted octanol–water partition coefficient (Wildman–Crippen LogP) is 2.91. The molecule has 2 aromatic rings. The third-order valence-corrected chi connectivity index (χ3v) is 2.44. The van der Waals surface area contributed by atoms with Gasteiger partial charge in [0.15, 0.2) is 0 Å². The summed E-state index contributed by atoms with van der Waals surface area (Å²) >= 11 is 0. The van der Waals surface area contributed by atoms with Gasteiger partial charge >= 0.3 is 0 Å². The lowest BCUT2D eigenvalue weighted by Crippen LogP contribution is -2.00. The van der Waals surface area contributed by atoms with Gasteiger partial charge in [-0.05, 0) is 24.3 Å². The fourth-order valence-corrected chi connectivity index (χ4v) is 1.55. The second-order valence-corrected chi connectivity index (χ2v) is 3.50. The van der Waals surface area contributed by atoms with E-state index >= 15 is 0 Å². The first-order valence-electron chi connectivity index (χ1n) is 5.32. The number of furan rings is 1. The molecule has 1 heterocycles. The second kappa shape index (κ2) is 5.30. The Labute approximate surface area is 100 Å². The van der Waals surface area contributed by atoms with Gasteiger partial charge in [0.1, 0.15) is 17.3 Å². The van der Waals surface area contributed by atoms with E-state index in [9.17, 15) is 0 Å². The molecule has 0 spiro atoms. The van der Waals surface area contributed by atoms with Crippen molar-refractivity contribution in [3.05, 3.63) is 42.4 Å². The lowest BCUT2D eigenvalue weighted by molar-refractivity contribution is 0.404. The molecule has 0 saturated heterocycles. The van der Waals surface area contributed by atoms with Crippen LogP contribution in [0.4, 0.5) is 5.69 Å². The van der Waals surface area contributed by atoms with Crippen molar-refractivity contribution in [1.29, 1.82) is 0 Å². The second-order valence-electron chi connectivity index (χ2n) is 3.50. The number of ether oxygens (including phenoxy) is 2. The molecule has 2 rings (SSSR count). The number of rotatable bonds is 5. The Morgan fingerprint density at radius 1 is 1.18 bits per heavy atom. The van der Waals surface area contributed by atoms with Gasteiger partial charge in [-0.25, -0.2) is 0 Å². The Morgan fingerprint density at radius 2 is 2.06 bits per heavy atom. The molecule has 0 fully saturated rings. The molecular formula is C13H15NO3. The van der Waals surface area contributed by atoms with Gasteiger partial charge in [0.05, 0.1) is 32.7 Å². The first-order valence-corrected chi connectivity index (χ1v) is 5.32. The topological polar surface area (TPSA) is 43.6 Å². The fraction of sp³-hybridized carbons (Fsp3) is 0.231. The molecule has 1 N–H and O–H groups in total. The zero-order chi connectivity index (χ0) is 12.1. The summed E-state index contributed by atoms with van der Waals surface area (Å²) in [5, 5.41) is 3.24. The average Bonchev–Trinajstić information content (AvgIpc) is 2.89. The van der Waals surface area contributed by atoms with Crippen molar-refractivity contribution in [2.24, 2.45) is 0 Å². The first kappa shape index (κ1) is 11.4. The summed E-state index contributed by atoms with van der Waals surface area (Å²) in [6, 6.07) is 9.39. The number of hydrogen-bond donors (Lipinski definition) is 1. The smallest absolute Gasteiger partial charge is 0.142 e. The molecule has 0 aliphatic carbocycles. The molecule has 1 aromatic carbocycles. The van der Waals surface area contributed by atoms with Crippen molar-refractivity contribution < 1.29 is 13.9 Å². The maximum Gasteiger partial charge on any atom is 0.142 e. The van der Waals surface area contributed by atoms with Crippen LogP contribution in [-0.2, 0) is 6.54 Å². The highest BCUT2D eigenvalue weighted by Crippen LogP contribution is 2.29. The Morgan fingerprint density at radius 3 is 2.71 bits per heavy atom. The SMILES string of the molecule is COc1ccc(OC)c(NCc2ccco2)c1. The zero-order valence-corrected chi connectivity index (χ0v) is 9.90. The highest BCUT2D eigenvalue weighted by atomic mass is 16.5. The molecule has 4 heteroatoms.